The lowest BCUT2D eigenvalue weighted by Crippen LogP contribution is -2.45. The van der Waals surface area contributed by atoms with Crippen LogP contribution in [0.25, 0.3) is 10.8 Å². The van der Waals surface area contributed by atoms with Crippen LogP contribution in [0, 0.1) is 6.92 Å². The summed E-state index contributed by atoms with van der Waals surface area (Å²) in [7, 11) is 0. The number of ether oxygens (including phenoxy) is 2. The number of aryl methyl sites for hydroxylation is 1. The summed E-state index contributed by atoms with van der Waals surface area (Å²) in [6.45, 7) is 1.41. The van der Waals surface area contributed by atoms with Crippen LogP contribution in [0.2, 0.25) is 0 Å². The highest BCUT2D eigenvalue weighted by atomic mass is 79.9. The molecule has 2 N–H and O–H groups in total. The van der Waals surface area contributed by atoms with Gasteiger partial charge in [-0.3, -0.25) is 20.4 Å². The van der Waals surface area contributed by atoms with Crippen LogP contribution < -0.4 is 20.3 Å². The van der Waals surface area contributed by atoms with Crippen LogP contribution in [0.4, 0.5) is 0 Å². The molecule has 0 unspecified atom stereocenters. The second-order valence-corrected chi connectivity index (χ2v) is 7.89. The first-order chi connectivity index (χ1) is 13.9. The summed E-state index contributed by atoms with van der Waals surface area (Å²) in [6, 6.07) is 17.0. The van der Waals surface area contributed by atoms with Crippen molar-refractivity contribution in [3.63, 3.8) is 0 Å². The van der Waals surface area contributed by atoms with E-state index in [1.807, 2.05) is 49.4 Å². The predicted molar refractivity (Wildman–Crippen MR) is 118 cm³/mol. The van der Waals surface area contributed by atoms with Gasteiger partial charge in [0.15, 0.2) is 13.2 Å². The molecule has 29 heavy (non-hydrogen) atoms. The van der Waals surface area contributed by atoms with Crippen LogP contribution in [0.3, 0.4) is 0 Å². The normalized spacial score (nSPS) is 10.4. The molecule has 150 valence electrons. The van der Waals surface area contributed by atoms with Crippen LogP contribution in [0.5, 0.6) is 11.5 Å². The van der Waals surface area contributed by atoms with Gasteiger partial charge in [-0.1, -0.05) is 46.3 Å². The van der Waals surface area contributed by atoms with E-state index >= 15 is 0 Å². The van der Waals surface area contributed by atoms with Crippen molar-refractivity contribution in [2.75, 3.05) is 13.2 Å². The molecule has 0 aliphatic heterocycles. The Labute approximate surface area is 184 Å². The molecule has 3 aromatic carbocycles. The molecule has 0 atom stereocenters. The number of halogens is 2. The Morgan fingerprint density at radius 1 is 0.862 bits per heavy atom. The fraction of sp³-hybridized carbons (Fsp3) is 0.143. The van der Waals surface area contributed by atoms with Crippen LogP contribution >= 0.6 is 31.9 Å². The van der Waals surface area contributed by atoms with Gasteiger partial charge in [-0.15, -0.1) is 0 Å². The smallest absolute Gasteiger partial charge is 0.276 e. The lowest BCUT2D eigenvalue weighted by atomic mass is 10.1. The highest BCUT2D eigenvalue weighted by Crippen LogP contribution is 2.32. The molecule has 0 aliphatic carbocycles. The zero-order valence-electron chi connectivity index (χ0n) is 15.5. The summed E-state index contributed by atoms with van der Waals surface area (Å²) in [5, 5.41) is 2.04. The summed E-state index contributed by atoms with van der Waals surface area (Å²) >= 11 is 6.87. The summed E-state index contributed by atoms with van der Waals surface area (Å²) < 4.78 is 12.7. The monoisotopic (exact) mass is 520 g/mol. The summed E-state index contributed by atoms with van der Waals surface area (Å²) in [5.41, 5.74) is 5.50. The van der Waals surface area contributed by atoms with E-state index in [-0.39, 0.29) is 13.2 Å². The number of benzene rings is 3. The number of hydrogen-bond acceptors (Lipinski definition) is 4. The third-order valence-electron chi connectivity index (χ3n) is 4.02. The number of nitrogens with one attached hydrogen (secondary N) is 2. The Morgan fingerprint density at radius 3 is 2.17 bits per heavy atom. The molecule has 0 saturated heterocycles. The first-order valence-electron chi connectivity index (χ1n) is 8.70. The third kappa shape index (κ3) is 5.71. The molecule has 0 radical (unpaired) electrons. The molecular weight excluding hydrogens is 504 g/mol. The topological polar surface area (TPSA) is 76.7 Å². The largest absolute Gasteiger partial charge is 0.483 e. The highest BCUT2D eigenvalue weighted by Gasteiger charge is 2.10. The molecule has 0 spiro atoms. The minimum absolute atomic E-state index is 0.222. The molecule has 0 heterocycles. The van der Waals surface area contributed by atoms with Crippen molar-refractivity contribution < 1.29 is 19.1 Å². The first kappa shape index (κ1) is 21.1. The molecule has 8 heteroatoms. The number of amides is 2. The van der Waals surface area contributed by atoms with E-state index in [0.717, 1.165) is 25.3 Å². The van der Waals surface area contributed by atoms with Crippen molar-refractivity contribution >= 4 is 54.4 Å². The van der Waals surface area contributed by atoms with Gasteiger partial charge in [0, 0.05) is 4.47 Å². The predicted octanol–water partition coefficient (Wildman–Crippen LogP) is 4.28. The van der Waals surface area contributed by atoms with Crippen molar-refractivity contribution in [1.82, 2.24) is 10.9 Å². The third-order valence-corrected chi connectivity index (χ3v) is 5.33. The molecule has 0 saturated carbocycles. The lowest BCUT2D eigenvalue weighted by Gasteiger charge is -2.12. The van der Waals surface area contributed by atoms with Crippen LogP contribution in [-0.4, -0.2) is 25.0 Å². The van der Waals surface area contributed by atoms with Gasteiger partial charge in [0.2, 0.25) is 0 Å². The minimum atomic E-state index is -0.488. The van der Waals surface area contributed by atoms with Gasteiger partial charge in [-0.2, -0.15) is 0 Å². The molecular formula is C21H18Br2N2O4. The number of fused-ring (bicyclic) bond motifs is 1. The molecule has 3 rings (SSSR count). The van der Waals surface area contributed by atoms with Crippen LogP contribution in [0.15, 0.2) is 63.5 Å². The Balaban J connectivity index is 1.45. The molecule has 0 aromatic heterocycles. The van der Waals surface area contributed by atoms with E-state index in [4.69, 9.17) is 9.47 Å². The maximum absolute atomic E-state index is 11.9. The zero-order chi connectivity index (χ0) is 20.8. The van der Waals surface area contributed by atoms with E-state index < -0.39 is 11.8 Å². The fourth-order valence-corrected chi connectivity index (χ4v) is 3.68. The Bertz CT molecular complexity index is 1060. The van der Waals surface area contributed by atoms with Gasteiger partial charge in [0.25, 0.3) is 11.8 Å². The van der Waals surface area contributed by atoms with E-state index in [0.29, 0.717) is 11.5 Å². The number of hydrazine groups is 1. The average molecular weight is 522 g/mol. The van der Waals surface area contributed by atoms with Crippen LogP contribution in [-0.2, 0) is 9.59 Å². The Morgan fingerprint density at radius 2 is 1.48 bits per heavy atom. The van der Waals surface area contributed by atoms with Crippen molar-refractivity contribution in [2.45, 2.75) is 6.92 Å². The van der Waals surface area contributed by atoms with Gasteiger partial charge in [-0.25, -0.2) is 0 Å². The van der Waals surface area contributed by atoms with Crippen molar-refractivity contribution in [3.8, 4) is 11.5 Å². The van der Waals surface area contributed by atoms with Crippen molar-refractivity contribution in [1.29, 1.82) is 0 Å². The molecule has 0 fully saturated rings. The standard InChI is InChI=1S/C21H18Br2N2O4/c1-13-10-15(22)7-9-17(13)28-11-19(26)24-25-20(27)12-29-18-8-6-14-4-2-3-5-16(14)21(18)23/h2-10H,11-12H2,1H3,(H,24,26)(H,25,27). The van der Waals surface area contributed by atoms with Gasteiger partial charge >= 0.3 is 0 Å². The number of carbonyl (C=O) groups excluding carboxylic acids is 2. The molecule has 6 nitrogen and oxygen atoms in total. The van der Waals surface area contributed by atoms with E-state index in [1.54, 1.807) is 12.1 Å². The maximum atomic E-state index is 11.9. The van der Waals surface area contributed by atoms with Gasteiger partial charge in [-0.05, 0) is 63.5 Å². The highest BCUT2D eigenvalue weighted by molar-refractivity contribution is 9.11. The Kier molecular flexibility index (Phi) is 7.11. The molecule has 2 amide bonds. The lowest BCUT2D eigenvalue weighted by molar-refractivity contribution is -0.131. The fourth-order valence-electron chi connectivity index (χ4n) is 2.60. The van der Waals surface area contributed by atoms with Crippen molar-refractivity contribution in [3.05, 3.63) is 69.1 Å². The van der Waals surface area contributed by atoms with E-state index in [9.17, 15) is 9.59 Å². The summed E-state index contributed by atoms with van der Waals surface area (Å²) in [4.78, 5) is 23.8. The number of carbonyl (C=O) groups is 2. The average Bonchev–Trinajstić information content (AvgIpc) is 2.71. The quantitative estimate of drug-likeness (QED) is 0.475. The van der Waals surface area contributed by atoms with Gasteiger partial charge in [0.05, 0.1) is 4.47 Å². The zero-order valence-corrected chi connectivity index (χ0v) is 18.7. The number of rotatable bonds is 6. The van der Waals surface area contributed by atoms with Gasteiger partial charge < -0.3 is 9.47 Å². The van der Waals surface area contributed by atoms with E-state index in [2.05, 4.69) is 42.7 Å². The summed E-state index contributed by atoms with van der Waals surface area (Å²) in [5.74, 6) is 0.171. The molecule has 0 aliphatic rings. The molecule has 3 aromatic rings. The minimum Gasteiger partial charge on any atom is -0.483 e. The van der Waals surface area contributed by atoms with Crippen molar-refractivity contribution in [2.24, 2.45) is 0 Å². The van der Waals surface area contributed by atoms with Gasteiger partial charge in [0.1, 0.15) is 11.5 Å². The second-order valence-electron chi connectivity index (χ2n) is 6.18. The SMILES string of the molecule is Cc1cc(Br)ccc1OCC(=O)NNC(=O)COc1ccc2ccccc2c1Br. The summed E-state index contributed by atoms with van der Waals surface area (Å²) in [6.07, 6.45) is 0. The van der Waals surface area contributed by atoms with Crippen LogP contribution in [0.1, 0.15) is 5.56 Å². The second kappa shape index (κ2) is 9.76. The number of hydrogen-bond donors (Lipinski definition) is 2. The first-order valence-corrected chi connectivity index (χ1v) is 10.3. The van der Waals surface area contributed by atoms with E-state index in [1.165, 1.54) is 0 Å². The molecule has 0 bridgehead atoms. The maximum Gasteiger partial charge on any atom is 0.276 e. The Hall–Kier alpha value is -2.58.